The van der Waals surface area contributed by atoms with Crippen molar-refractivity contribution in [3.05, 3.63) is 29.8 Å². The van der Waals surface area contributed by atoms with E-state index in [9.17, 15) is 13.6 Å². The summed E-state index contributed by atoms with van der Waals surface area (Å²) < 4.78 is 21.0. The number of aliphatic carboxylic acids is 1. The molecule has 5 heteroatoms. The zero-order valence-corrected chi connectivity index (χ0v) is 8.12. The molecule has 0 aliphatic heterocycles. The Kier molecular flexibility index (Phi) is 3.79. The lowest BCUT2D eigenvalue weighted by Gasteiger charge is -2.05. The first kappa shape index (κ1) is 10.9. The summed E-state index contributed by atoms with van der Waals surface area (Å²) in [6, 6.07) is 6.16. The molecule has 1 aromatic carbocycles. The summed E-state index contributed by atoms with van der Waals surface area (Å²) in [6.45, 7) is 0. The molecular weight excluding hydrogens is 204 g/mol. The minimum Gasteiger partial charge on any atom is -0.768 e. The first-order valence-electron chi connectivity index (χ1n) is 3.99. The largest absolute Gasteiger partial charge is 0.768 e. The molecule has 1 unspecified atom stereocenters. The first-order valence-corrected chi connectivity index (χ1v) is 5.07. The molecule has 0 amide bonds. The summed E-state index contributed by atoms with van der Waals surface area (Å²) >= 11 is -2.22. The average Bonchev–Trinajstić information content (AvgIpc) is 2.15. The summed E-state index contributed by atoms with van der Waals surface area (Å²) in [7, 11) is 0. The van der Waals surface area contributed by atoms with Crippen LogP contribution in [0.15, 0.2) is 29.2 Å². The van der Waals surface area contributed by atoms with Crippen LogP contribution in [0.1, 0.15) is 12.0 Å². The smallest absolute Gasteiger partial charge is 0.303 e. The number of carbonyl (C=O) groups is 1. The molecule has 0 heterocycles. The van der Waals surface area contributed by atoms with Gasteiger partial charge in [-0.1, -0.05) is 12.1 Å². The van der Waals surface area contributed by atoms with E-state index in [1.54, 1.807) is 12.1 Å². The highest BCUT2D eigenvalue weighted by Gasteiger charge is 1.99. The van der Waals surface area contributed by atoms with Crippen LogP contribution in [0.3, 0.4) is 0 Å². The maximum absolute atomic E-state index is 10.5. The van der Waals surface area contributed by atoms with Gasteiger partial charge in [-0.3, -0.25) is 9.00 Å². The van der Waals surface area contributed by atoms with E-state index in [4.69, 9.17) is 5.11 Å². The van der Waals surface area contributed by atoms with E-state index >= 15 is 0 Å². The fourth-order valence-electron chi connectivity index (χ4n) is 1.02. The zero-order chi connectivity index (χ0) is 10.6. The lowest BCUT2D eigenvalue weighted by Crippen LogP contribution is -1.97. The number of carboxylic acid groups (broad SMARTS) is 1. The van der Waals surface area contributed by atoms with E-state index in [-0.39, 0.29) is 11.3 Å². The van der Waals surface area contributed by atoms with Gasteiger partial charge in [0.2, 0.25) is 0 Å². The molecule has 0 aliphatic carbocycles. The zero-order valence-electron chi connectivity index (χ0n) is 7.30. The highest BCUT2D eigenvalue weighted by Crippen LogP contribution is 2.08. The molecular formula is C9H9O4S-. The number of carboxylic acids is 1. The molecule has 1 aromatic rings. The number of hydrogen-bond donors (Lipinski definition) is 1. The normalized spacial score (nSPS) is 12.4. The lowest BCUT2D eigenvalue weighted by molar-refractivity contribution is -0.136. The Labute approximate surface area is 83.9 Å². The summed E-state index contributed by atoms with van der Waals surface area (Å²) in [6.07, 6.45) is 0.473. The van der Waals surface area contributed by atoms with Gasteiger partial charge in [0.15, 0.2) is 0 Å². The molecule has 76 valence electrons. The van der Waals surface area contributed by atoms with E-state index in [2.05, 4.69) is 0 Å². The van der Waals surface area contributed by atoms with Crippen LogP contribution in [0.5, 0.6) is 0 Å². The minimum absolute atomic E-state index is 0.0554. The van der Waals surface area contributed by atoms with Crippen molar-refractivity contribution in [1.29, 1.82) is 0 Å². The first-order chi connectivity index (χ1) is 6.59. The highest BCUT2D eigenvalue weighted by atomic mass is 32.2. The van der Waals surface area contributed by atoms with Gasteiger partial charge in [0.05, 0.1) is 0 Å². The van der Waals surface area contributed by atoms with Crippen LogP contribution in [-0.4, -0.2) is 19.8 Å². The average molecular weight is 213 g/mol. The minimum atomic E-state index is -2.22. The Morgan fingerprint density at radius 1 is 1.36 bits per heavy atom. The van der Waals surface area contributed by atoms with Gasteiger partial charge < -0.3 is 9.66 Å². The van der Waals surface area contributed by atoms with Crippen LogP contribution in [0.25, 0.3) is 0 Å². The topological polar surface area (TPSA) is 77.4 Å². The fourth-order valence-corrected chi connectivity index (χ4v) is 1.38. The molecule has 1 N–H and O–H groups in total. The van der Waals surface area contributed by atoms with E-state index in [1.165, 1.54) is 12.1 Å². The molecule has 0 spiro atoms. The Morgan fingerprint density at radius 2 is 1.93 bits per heavy atom. The monoisotopic (exact) mass is 213 g/mol. The Hall–Kier alpha value is -1.20. The number of rotatable bonds is 4. The Bertz CT molecular complexity index is 344. The van der Waals surface area contributed by atoms with Crippen LogP contribution < -0.4 is 0 Å². The van der Waals surface area contributed by atoms with Crippen molar-refractivity contribution in [2.75, 3.05) is 0 Å². The van der Waals surface area contributed by atoms with Gasteiger partial charge in [-0.25, -0.2) is 0 Å². The second-order valence-electron chi connectivity index (χ2n) is 2.77. The van der Waals surface area contributed by atoms with Gasteiger partial charge in [-0.05, 0) is 35.2 Å². The Morgan fingerprint density at radius 3 is 2.36 bits per heavy atom. The van der Waals surface area contributed by atoms with Gasteiger partial charge in [-0.2, -0.15) is 0 Å². The van der Waals surface area contributed by atoms with Gasteiger partial charge in [0, 0.05) is 11.3 Å². The molecule has 0 saturated heterocycles. The SMILES string of the molecule is O=C(O)CCc1ccc(S(=O)[O-])cc1. The highest BCUT2D eigenvalue weighted by molar-refractivity contribution is 7.79. The molecule has 0 saturated carbocycles. The van der Waals surface area contributed by atoms with Crippen molar-refractivity contribution in [1.82, 2.24) is 0 Å². The van der Waals surface area contributed by atoms with Gasteiger partial charge in [-0.15, -0.1) is 0 Å². The lowest BCUT2D eigenvalue weighted by atomic mass is 10.1. The molecule has 4 nitrogen and oxygen atoms in total. The predicted molar refractivity (Wildman–Crippen MR) is 49.6 cm³/mol. The second-order valence-corrected chi connectivity index (χ2v) is 3.71. The standard InChI is InChI=1S/C9H10O4S/c10-9(11)6-3-7-1-4-8(5-2-7)14(12)13/h1-2,4-5H,3,6H2,(H,10,11)(H,12,13)/p-1. The summed E-state index contributed by atoms with van der Waals surface area (Å²) in [5, 5.41) is 8.42. The summed E-state index contributed by atoms with van der Waals surface area (Å²) in [4.78, 5) is 10.5. The number of hydrogen-bond acceptors (Lipinski definition) is 3. The van der Waals surface area contributed by atoms with Crippen molar-refractivity contribution in [3.8, 4) is 0 Å². The molecule has 0 radical (unpaired) electrons. The number of benzene rings is 1. The quantitative estimate of drug-likeness (QED) is 0.755. The van der Waals surface area contributed by atoms with E-state index < -0.39 is 17.0 Å². The van der Waals surface area contributed by atoms with Crippen molar-refractivity contribution < 1.29 is 18.7 Å². The second kappa shape index (κ2) is 4.88. The van der Waals surface area contributed by atoms with Crippen molar-refractivity contribution >= 4 is 17.0 Å². The Balaban J connectivity index is 2.64. The molecule has 1 rings (SSSR count). The van der Waals surface area contributed by atoms with Crippen LogP contribution in [-0.2, 0) is 22.3 Å². The molecule has 0 bridgehead atoms. The molecule has 0 fully saturated rings. The third-order valence-corrected chi connectivity index (χ3v) is 2.40. The van der Waals surface area contributed by atoms with Crippen molar-refractivity contribution in [2.45, 2.75) is 17.7 Å². The van der Waals surface area contributed by atoms with Gasteiger partial charge >= 0.3 is 5.97 Å². The van der Waals surface area contributed by atoms with Gasteiger partial charge in [0.25, 0.3) is 0 Å². The molecule has 14 heavy (non-hydrogen) atoms. The van der Waals surface area contributed by atoms with Crippen LogP contribution in [0.4, 0.5) is 0 Å². The predicted octanol–water partition coefficient (Wildman–Crippen LogP) is 0.942. The third kappa shape index (κ3) is 3.27. The molecule has 0 aromatic heterocycles. The number of aryl methyl sites for hydroxylation is 1. The summed E-state index contributed by atoms with van der Waals surface area (Å²) in [5.41, 5.74) is 0.821. The van der Waals surface area contributed by atoms with Crippen molar-refractivity contribution in [3.63, 3.8) is 0 Å². The summed E-state index contributed by atoms with van der Waals surface area (Å²) in [5.74, 6) is -0.860. The van der Waals surface area contributed by atoms with Gasteiger partial charge in [0.1, 0.15) is 0 Å². The molecule has 1 atom stereocenters. The fraction of sp³-hybridized carbons (Fsp3) is 0.222. The third-order valence-electron chi connectivity index (χ3n) is 1.74. The van der Waals surface area contributed by atoms with Crippen LogP contribution >= 0.6 is 0 Å². The van der Waals surface area contributed by atoms with Crippen LogP contribution in [0, 0.1) is 0 Å². The van der Waals surface area contributed by atoms with E-state index in [0.717, 1.165) is 5.56 Å². The maximum atomic E-state index is 10.5. The van der Waals surface area contributed by atoms with Crippen LogP contribution in [0.2, 0.25) is 0 Å². The van der Waals surface area contributed by atoms with E-state index in [1.807, 2.05) is 0 Å². The maximum Gasteiger partial charge on any atom is 0.303 e. The molecule has 0 aliphatic rings. The van der Waals surface area contributed by atoms with E-state index in [0.29, 0.717) is 6.42 Å². The van der Waals surface area contributed by atoms with Crippen molar-refractivity contribution in [2.24, 2.45) is 0 Å².